The van der Waals surface area contributed by atoms with Gasteiger partial charge >= 0.3 is 0 Å². The summed E-state index contributed by atoms with van der Waals surface area (Å²) in [5.41, 5.74) is 1.31. The maximum atomic E-state index is 3.64. The smallest absolute Gasteiger partial charge is 0.0574 e. The summed E-state index contributed by atoms with van der Waals surface area (Å²) in [7, 11) is 0. The van der Waals surface area contributed by atoms with Crippen molar-refractivity contribution < 1.29 is 0 Å². The number of hydrogen-bond donors (Lipinski definition) is 1. The Morgan fingerprint density at radius 2 is 2.20 bits per heavy atom. The molecule has 1 saturated carbocycles. The average Bonchev–Trinajstić information content (AvgIpc) is 2.97. The normalized spacial score (nSPS) is 17.9. The Labute approximate surface area is 94.1 Å². The summed E-state index contributed by atoms with van der Waals surface area (Å²) < 4.78 is 1.39. The van der Waals surface area contributed by atoms with Crippen molar-refractivity contribution in [3.63, 3.8) is 0 Å². The molecule has 15 heavy (non-hydrogen) atoms. The van der Waals surface area contributed by atoms with Crippen LogP contribution >= 0.6 is 11.3 Å². The number of fused-ring (bicyclic) bond motifs is 1. The number of thiophene rings is 1. The van der Waals surface area contributed by atoms with Gasteiger partial charge in [0.25, 0.3) is 0 Å². The number of benzene rings is 1. The van der Waals surface area contributed by atoms with Gasteiger partial charge in [-0.25, -0.2) is 0 Å². The highest BCUT2D eigenvalue weighted by atomic mass is 32.1. The first kappa shape index (κ1) is 9.22. The third-order valence-electron chi connectivity index (χ3n) is 3.19. The first-order valence-corrected chi connectivity index (χ1v) is 6.45. The Morgan fingerprint density at radius 1 is 1.33 bits per heavy atom. The van der Waals surface area contributed by atoms with E-state index in [0.29, 0.717) is 6.04 Å². The molecule has 1 unspecified atom stereocenters. The Bertz CT molecular complexity index is 470. The van der Waals surface area contributed by atoms with Gasteiger partial charge in [0.15, 0.2) is 0 Å². The van der Waals surface area contributed by atoms with Crippen LogP contribution in [0.5, 0.6) is 0 Å². The van der Waals surface area contributed by atoms with Gasteiger partial charge in [0.2, 0.25) is 0 Å². The van der Waals surface area contributed by atoms with E-state index in [4.69, 9.17) is 0 Å². The first-order valence-electron chi connectivity index (χ1n) is 5.57. The summed E-state index contributed by atoms with van der Waals surface area (Å²) in [5, 5.41) is 7.16. The summed E-state index contributed by atoms with van der Waals surface area (Å²) in [5.74, 6) is 0.903. The summed E-state index contributed by atoms with van der Waals surface area (Å²) in [6, 6.07) is 9.32. The fraction of sp³-hybridized carbons (Fsp3) is 0.385. The van der Waals surface area contributed by atoms with E-state index < -0.39 is 0 Å². The van der Waals surface area contributed by atoms with Gasteiger partial charge in [-0.2, -0.15) is 0 Å². The van der Waals surface area contributed by atoms with Crippen LogP contribution in [0.3, 0.4) is 0 Å². The van der Waals surface area contributed by atoms with Crippen LogP contribution in [0.2, 0.25) is 0 Å². The zero-order chi connectivity index (χ0) is 10.3. The van der Waals surface area contributed by atoms with E-state index in [2.05, 4.69) is 41.9 Å². The van der Waals surface area contributed by atoms with Crippen molar-refractivity contribution in [3.05, 3.63) is 29.6 Å². The minimum Gasteiger partial charge on any atom is -0.381 e. The molecule has 1 aliphatic rings. The fourth-order valence-corrected chi connectivity index (χ4v) is 2.94. The zero-order valence-electron chi connectivity index (χ0n) is 8.86. The second-order valence-corrected chi connectivity index (χ2v) is 5.33. The quantitative estimate of drug-likeness (QED) is 0.815. The van der Waals surface area contributed by atoms with Crippen LogP contribution in [-0.4, -0.2) is 6.04 Å². The number of rotatable bonds is 3. The molecule has 0 radical (unpaired) electrons. The lowest BCUT2D eigenvalue weighted by Gasteiger charge is -2.14. The molecule has 1 atom stereocenters. The van der Waals surface area contributed by atoms with E-state index >= 15 is 0 Å². The van der Waals surface area contributed by atoms with E-state index in [9.17, 15) is 0 Å². The molecule has 2 heteroatoms. The molecule has 1 fully saturated rings. The zero-order valence-corrected chi connectivity index (χ0v) is 9.68. The lowest BCUT2D eigenvalue weighted by molar-refractivity contribution is 0.695. The van der Waals surface area contributed by atoms with E-state index in [0.717, 1.165) is 5.92 Å². The molecule has 3 rings (SSSR count). The molecule has 1 heterocycles. The largest absolute Gasteiger partial charge is 0.381 e. The summed E-state index contributed by atoms with van der Waals surface area (Å²) in [4.78, 5) is 0. The Hall–Kier alpha value is -1.02. The highest BCUT2D eigenvalue weighted by Crippen LogP contribution is 2.36. The van der Waals surface area contributed by atoms with Crippen molar-refractivity contribution in [2.45, 2.75) is 25.8 Å². The van der Waals surface area contributed by atoms with Gasteiger partial charge in [0.1, 0.15) is 0 Å². The van der Waals surface area contributed by atoms with Crippen molar-refractivity contribution in [2.24, 2.45) is 5.92 Å². The van der Waals surface area contributed by atoms with E-state index in [-0.39, 0.29) is 0 Å². The van der Waals surface area contributed by atoms with Crippen molar-refractivity contribution in [1.29, 1.82) is 0 Å². The van der Waals surface area contributed by atoms with Crippen LogP contribution in [0.1, 0.15) is 19.8 Å². The van der Waals surface area contributed by atoms with Crippen molar-refractivity contribution >= 4 is 27.1 Å². The lowest BCUT2D eigenvalue weighted by Crippen LogP contribution is -2.17. The predicted octanol–water partition coefficient (Wildman–Crippen LogP) is 4.11. The second kappa shape index (κ2) is 3.53. The van der Waals surface area contributed by atoms with Crippen molar-refractivity contribution in [2.75, 3.05) is 5.32 Å². The molecule has 1 aromatic carbocycles. The van der Waals surface area contributed by atoms with Gasteiger partial charge in [-0.1, -0.05) is 12.1 Å². The molecular formula is C13H15NS. The molecule has 1 aromatic heterocycles. The molecule has 1 nitrogen and oxygen atoms in total. The molecule has 1 N–H and O–H groups in total. The van der Waals surface area contributed by atoms with Gasteiger partial charge < -0.3 is 5.32 Å². The van der Waals surface area contributed by atoms with Crippen LogP contribution in [0.15, 0.2) is 29.6 Å². The Kier molecular flexibility index (Phi) is 2.17. The number of anilines is 1. The Balaban J connectivity index is 1.92. The highest BCUT2D eigenvalue weighted by Gasteiger charge is 2.27. The monoisotopic (exact) mass is 217 g/mol. The first-order chi connectivity index (χ1) is 7.34. The van der Waals surface area contributed by atoms with Crippen LogP contribution < -0.4 is 5.32 Å². The number of nitrogens with one attached hydrogen (secondary N) is 1. The SMILES string of the molecule is CC(Nc1cccc2ccsc12)C1CC1. The van der Waals surface area contributed by atoms with E-state index in [1.165, 1.54) is 28.6 Å². The predicted molar refractivity (Wildman–Crippen MR) is 67.6 cm³/mol. The average molecular weight is 217 g/mol. The molecule has 0 amide bonds. The molecule has 2 aromatic rings. The van der Waals surface area contributed by atoms with Gasteiger partial charge in [0.05, 0.1) is 10.4 Å². The summed E-state index contributed by atoms with van der Waals surface area (Å²) in [6.45, 7) is 2.30. The number of hydrogen-bond acceptors (Lipinski definition) is 2. The topological polar surface area (TPSA) is 12.0 Å². The van der Waals surface area contributed by atoms with Crippen LogP contribution in [0.25, 0.3) is 10.1 Å². The van der Waals surface area contributed by atoms with Crippen LogP contribution in [-0.2, 0) is 0 Å². The maximum absolute atomic E-state index is 3.64. The van der Waals surface area contributed by atoms with E-state index in [1.807, 2.05) is 11.3 Å². The van der Waals surface area contributed by atoms with Gasteiger partial charge in [-0.3, -0.25) is 0 Å². The van der Waals surface area contributed by atoms with Gasteiger partial charge in [-0.15, -0.1) is 11.3 Å². The summed E-state index contributed by atoms with van der Waals surface area (Å²) in [6.07, 6.45) is 2.79. The third-order valence-corrected chi connectivity index (χ3v) is 4.15. The standard InChI is InChI=1S/C13H15NS/c1-9(10-5-6-10)14-12-4-2-3-11-7-8-15-13(11)12/h2-4,7-10,14H,5-6H2,1H3. The third kappa shape index (κ3) is 1.74. The van der Waals surface area contributed by atoms with Crippen molar-refractivity contribution in [1.82, 2.24) is 0 Å². The molecule has 0 aliphatic heterocycles. The maximum Gasteiger partial charge on any atom is 0.0574 e. The van der Waals surface area contributed by atoms with Crippen LogP contribution in [0.4, 0.5) is 5.69 Å². The molecule has 0 saturated heterocycles. The summed E-state index contributed by atoms with van der Waals surface area (Å²) >= 11 is 1.83. The molecule has 1 aliphatic carbocycles. The Morgan fingerprint density at radius 3 is 3.00 bits per heavy atom. The fourth-order valence-electron chi connectivity index (χ4n) is 2.07. The van der Waals surface area contributed by atoms with Gasteiger partial charge in [-0.05, 0) is 48.6 Å². The van der Waals surface area contributed by atoms with E-state index in [1.54, 1.807) is 0 Å². The minimum absolute atomic E-state index is 0.623. The minimum atomic E-state index is 0.623. The van der Waals surface area contributed by atoms with Crippen LogP contribution in [0, 0.1) is 5.92 Å². The molecule has 0 spiro atoms. The van der Waals surface area contributed by atoms with Crippen molar-refractivity contribution in [3.8, 4) is 0 Å². The second-order valence-electron chi connectivity index (χ2n) is 4.41. The highest BCUT2D eigenvalue weighted by molar-refractivity contribution is 7.17. The lowest BCUT2D eigenvalue weighted by atomic mass is 10.2. The molecular weight excluding hydrogens is 202 g/mol. The molecule has 0 bridgehead atoms. The molecule has 78 valence electrons. The van der Waals surface area contributed by atoms with Gasteiger partial charge in [0, 0.05) is 6.04 Å².